The van der Waals surface area contributed by atoms with E-state index in [-0.39, 0.29) is 0 Å². The summed E-state index contributed by atoms with van der Waals surface area (Å²) in [7, 11) is 0. The molecule has 2 rings (SSSR count). The van der Waals surface area contributed by atoms with Crippen LogP contribution in [0.1, 0.15) is 17.1 Å². The third-order valence-corrected chi connectivity index (χ3v) is 4.12. The Hall–Kier alpha value is -0.690. The van der Waals surface area contributed by atoms with E-state index in [2.05, 4.69) is 37.7 Å². The average molecular weight is 350 g/mol. The van der Waals surface area contributed by atoms with Crippen molar-refractivity contribution in [2.45, 2.75) is 20.8 Å². The molecule has 0 atom stereocenters. The number of halogens is 2. The molecular formula is C10H9ClIN3O. The van der Waals surface area contributed by atoms with Crippen molar-refractivity contribution in [3.63, 3.8) is 0 Å². The van der Waals surface area contributed by atoms with E-state index in [4.69, 9.17) is 16.1 Å². The van der Waals surface area contributed by atoms with Gasteiger partial charge in [0.25, 0.3) is 0 Å². The topological polar surface area (TPSA) is 51.8 Å². The summed E-state index contributed by atoms with van der Waals surface area (Å²) in [5.74, 6) is 1.27. The van der Waals surface area contributed by atoms with Crippen LogP contribution in [-0.2, 0) is 0 Å². The van der Waals surface area contributed by atoms with Gasteiger partial charge < -0.3 is 4.52 Å². The van der Waals surface area contributed by atoms with Gasteiger partial charge in [0, 0.05) is 0 Å². The smallest absolute Gasteiger partial charge is 0.166 e. The van der Waals surface area contributed by atoms with Gasteiger partial charge in [-0.15, -0.1) is 0 Å². The molecule has 0 radical (unpaired) electrons. The standard InChI is InChI=1S/C10H9ClIN3O/c1-4-7(6(3)16-15-4)10-13-5(2)8(12)9(11)14-10/h1-3H3. The van der Waals surface area contributed by atoms with Crippen molar-refractivity contribution in [1.82, 2.24) is 15.1 Å². The molecule has 16 heavy (non-hydrogen) atoms. The molecule has 0 fully saturated rings. The molecule has 84 valence electrons. The van der Waals surface area contributed by atoms with E-state index in [9.17, 15) is 0 Å². The van der Waals surface area contributed by atoms with Crippen LogP contribution in [0.3, 0.4) is 0 Å². The molecule has 6 heteroatoms. The van der Waals surface area contributed by atoms with Crippen LogP contribution < -0.4 is 0 Å². The van der Waals surface area contributed by atoms with E-state index >= 15 is 0 Å². The second-order valence-corrected chi connectivity index (χ2v) is 4.87. The normalized spacial score (nSPS) is 10.8. The van der Waals surface area contributed by atoms with Crippen molar-refractivity contribution in [3.05, 3.63) is 25.9 Å². The maximum absolute atomic E-state index is 6.03. The molecule has 0 aromatic carbocycles. The van der Waals surface area contributed by atoms with Crippen LogP contribution in [0, 0.1) is 24.3 Å². The summed E-state index contributed by atoms with van der Waals surface area (Å²) < 4.78 is 5.95. The van der Waals surface area contributed by atoms with Crippen LogP contribution in [0.2, 0.25) is 5.15 Å². The van der Waals surface area contributed by atoms with E-state index in [1.165, 1.54) is 0 Å². The second-order valence-electron chi connectivity index (χ2n) is 3.44. The van der Waals surface area contributed by atoms with Crippen molar-refractivity contribution in [2.75, 3.05) is 0 Å². The lowest BCUT2D eigenvalue weighted by molar-refractivity contribution is 0.393. The Morgan fingerprint density at radius 2 is 1.81 bits per heavy atom. The summed E-state index contributed by atoms with van der Waals surface area (Å²) >= 11 is 8.16. The van der Waals surface area contributed by atoms with Gasteiger partial charge in [-0.1, -0.05) is 16.8 Å². The maximum atomic E-state index is 6.03. The van der Waals surface area contributed by atoms with E-state index in [0.29, 0.717) is 16.7 Å². The minimum Gasteiger partial charge on any atom is -0.361 e. The summed E-state index contributed by atoms with van der Waals surface area (Å²) in [4.78, 5) is 8.64. The fourth-order valence-electron chi connectivity index (χ4n) is 1.44. The van der Waals surface area contributed by atoms with Crippen molar-refractivity contribution in [2.24, 2.45) is 0 Å². The molecule has 0 bridgehead atoms. The van der Waals surface area contributed by atoms with Crippen LogP contribution in [0.4, 0.5) is 0 Å². The molecule has 0 saturated heterocycles. The van der Waals surface area contributed by atoms with Crippen LogP contribution in [0.25, 0.3) is 11.4 Å². The van der Waals surface area contributed by atoms with Crippen molar-refractivity contribution in [1.29, 1.82) is 0 Å². The molecule has 0 saturated carbocycles. The summed E-state index contributed by atoms with van der Waals surface area (Å²) in [5, 5.41) is 4.34. The third-order valence-electron chi connectivity index (χ3n) is 2.23. The molecule has 4 nitrogen and oxygen atoms in total. The molecule has 0 aliphatic heterocycles. The SMILES string of the molecule is Cc1nc(-c2c(C)noc2C)nc(Cl)c1I. The van der Waals surface area contributed by atoms with E-state index in [0.717, 1.165) is 20.5 Å². The van der Waals surface area contributed by atoms with Gasteiger partial charge in [-0.3, -0.25) is 0 Å². The molecule has 0 N–H and O–H groups in total. The van der Waals surface area contributed by atoms with Crippen LogP contribution in [0.15, 0.2) is 4.52 Å². The van der Waals surface area contributed by atoms with Gasteiger partial charge in [-0.2, -0.15) is 0 Å². The Labute approximate surface area is 112 Å². The molecule has 2 heterocycles. The van der Waals surface area contributed by atoms with Gasteiger partial charge in [0.05, 0.1) is 20.5 Å². The molecule has 0 aliphatic rings. The Balaban J connectivity index is 2.66. The van der Waals surface area contributed by atoms with E-state index < -0.39 is 0 Å². The lowest BCUT2D eigenvalue weighted by atomic mass is 10.2. The number of nitrogens with zero attached hydrogens (tertiary/aromatic N) is 3. The van der Waals surface area contributed by atoms with E-state index in [1.54, 1.807) is 0 Å². The average Bonchev–Trinajstić information content (AvgIpc) is 2.54. The first-order chi connectivity index (χ1) is 7.50. The summed E-state index contributed by atoms with van der Waals surface area (Å²) in [6.07, 6.45) is 0. The molecule has 2 aromatic rings. The summed E-state index contributed by atoms with van der Waals surface area (Å²) in [5.41, 5.74) is 2.45. The molecule has 2 aromatic heterocycles. The number of aryl methyl sites for hydroxylation is 3. The summed E-state index contributed by atoms with van der Waals surface area (Å²) in [6, 6.07) is 0. The Bertz CT molecular complexity index is 510. The lowest BCUT2D eigenvalue weighted by Crippen LogP contribution is -1.97. The zero-order valence-electron chi connectivity index (χ0n) is 9.01. The minimum atomic E-state index is 0.461. The largest absolute Gasteiger partial charge is 0.361 e. The second kappa shape index (κ2) is 4.29. The number of aromatic nitrogens is 3. The maximum Gasteiger partial charge on any atom is 0.166 e. The van der Waals surface area contributed by atoms with Gasteiger partial charge >= 0.3 is 0 Å². The monoisotopic (exact) mass is 349 g/mol. The highest BCUT2D eigenvalue weighted by molar-refractivity contribution is 14.1. The summed E-state index contributed by atoms with van der Waals surface area (Å²) in [6.45, 7) is 5.59. The first-order valence-electron chi connectivity index (χ1n) is 4.63. The Morgan fingerprint density at radius 3 is 2.31 bits per heavy atom. The van der Waals surface area contributed by atoms with Gasteiger partial charge in [-0.25, -0.2) is 9.97 Å². The minimum absolute atomic E-state index is 0.461. The highest BCUT2D eigenvalue weighted by atomic mass is 127. The first-order valence-corrected chi connectivity index (χ1v) is 6.09. The van der Waals surface area contributed by atoms with Crippen molar-refractivity contribution < 1.29 is 4.52 Å². The highest BCUT2D eigenvalue weighted by Gasteiger charge is 2.16. The predicted octanol–water partition coefficient (Wildman–Crippen LogP) is 3.31. The van der Waals surface area contributed by atoms with Gasteiger partial charge in [-0.05, 0) is 43.4 Å². The fraction of sp³-hybridized carbons (Fsp3) is 0.300. The molecule has 0 amide bonds. The molecule has 0 spiro atoms. The van der Waals surface area contributed by atoms with E-state index in [1.807, 2.05) is 20.8 Å². The van der Waals surface area contributed by atoms with Crippen LogP contribution >= 0.6 is 34.2 Å². The van der Waals surface area contributed by atoms with Crippen molar-refractivity contribution >= 4 is 34.2 Å². The first kappa shape index (κ1) is 11.8. The van der Waals surface area contributed by atoms with Crippen molar-refractivity contribution in [3.8, 4) is 11.4 Å². The molecular weight excluding hydrogens is 340 g/mol. The molecule has 0 aliphatic carbocycles. The quantitative estimate of drug-likeness (QED) is 0.585. The zero-order valence-corrected chi connectivity index (χ0v) is 11.9. The fourth-order valence-corrected chi connectivity index (χ4v) is 1.90. The number of hydrogen-bond acceptors (Lipinski definition) is 4. The van der Waals surface area contributed by atoms with Gasteiger partial charge in [0.15, 0.2) is 5.82 Å². The van der Waals surface area contributed by atoms with Gasteiger partial charge in [0.1, 0.15) is 10.9 Å². The third kappa shape index (κ3) is 1.93. The Kier molecular flexibility index (Phi) is 3.16. The van der Waals surface area contributed by atoms with Gasteiger partial charge in [0.2, 0.25) is 0 Å². The Morgan fingerprint density at radius 1 is 1.12 bits per heavy atom. The van der Waals surface area contributed by atoms with Crippen LogP contribution in [0.5, 0.6) is 0 Å². The number of rotatable bonds is 1. The molecule has 0 unspecified atom stereocenters. The zero-order chi connectivity index (χ0) is 11.9. The highest BCUT2D eigenvalue weighted by Crippen LogP contribution is 2.27. The predicted molar refractivity (Wildman–Crippen MR) is 69.5 cm³/mol. The van der Waals surface area contributed by atoms with Crippen LogP contribution in [-0.4, -0.2) is 15.1 Å². The number of hydrogen-bond donors (Lipinski definition) is 0. The lowest BCUT2D eigenvalue weighted by Gasteiger charge is -2.04.